The zero-order valence-electron chi connectivity index (χ0n) is 18.8. The van der Waals surface area contributed by atoms with E-state index in [1.807, 2.05) is 93.9 Å². The molecule has 0 saturated heterocycles. The molecule has 0 radical (unpaired) electrons. The van der Waals surface area contributed by atoms with E-state index in [0.29, 0.717) is 12.5 Å². The Morgan fingerprint density at radius 2 is 1.58 bits per heavy atom. The smallest absolute Gasteiger partial charge is 0.246 e. The second kappa shape index (κ2) is 9.60. The maximum atomic E-state index is 12.8. The molecule has 0 aliphatic rings. The van der Waals surface area contributed by atoms with Gasteiger partial charge in [-0.25, -0.2) is 4.98 Å². The van der Waals surface area contributed by atoms with Crippen molar-refractivity contribution in [3.05, 3.63) is 65.9 Å². The van der Waals surface area contributed by atoms with E-state index in [0.717, 1.165) is 22.5 Å². The fraction of sp³-hybridized carbons (Fsp3) is 0.320. The zero-order chi connectivity index (χ0) is 22.5. The Labute approximate surface area is 183 Å². The Balaban J connectivity index is 1.91. The molecule has 0 unspecified atom stereocenters. The summed E-state index contributed by atoms with van der Waals surface area (Å²) in [4.78, 5) is 31.3. The van der Waals surface area contributed by atoms with Gasteiger partial charge in [-0.2, -0.15) is 0 Å². The first-order valence-electron chi connectivity index (χ1n) is 10.6. The van der Waals surface area contributed by atoms with E-state index in [1.54, 1.807) is 4.90 Å². The van der Waals surface area contributed by atoms with Gasteiger partial charge in [0.25, 0.3) is 0 Å². The standard InChI is InChI=1S/C25H30N4O2/c1-6-28(24(31)17(2)3)16-23(30)27-25-26-22(20-11-7-18(4)8-12-20)15-29(25)21-13-9-19(5)10-14-21/h7-15,17H,6,16H2,1-5H3,(H,26,27,30). The lowest BCUT2D eigenvalue weighted by atomic mass is 10.1. The zero-order valence-corrected chi connectivity index (χ0v) is 18.8. The maximum Gasteiger partial charge on any atom is 0.246 e. The predicted molar refractivity (Wildman–Crippen MR) is 124 cm³/mol. The van der Waals surface area contributed by atoms with Crippen LogP contribution in [-0.2, 0) is 9.59 Å². The first-order valence-corrected chi connectivity index (χ1v) is 10.6. The van der Waals surface area contributed by atoms with Crippen LogP contribution in [0.15, 0.2) is 54.7 Å². The molecule has 1 heterocycles. The van der Waals surface area contributed by atoms with Gasteiger partial charge in [0, 0.05) is 29.9 Å². The number of rotatable bonds is 7. The minimum atomic E-state index is -0.273. The summed E-state index contributed by atoms with van der Waals surface area (Å²) in [6, 6.07) is 16.1. The molecule has 3 rings (SSSR count). The lowest BCUT2D eigenvalue weighted by Gasteiger charge is -2.22. The summed E-state index contributed by atoms with van der Waals surface area (Å²) in [5.74, 6) is -0.0435. The van der Waals surface area contributed by atoms with Gasteiger partial charge in [0.15, 0.2) is 0 Å². The Morgan fingerprint density at radius 3 is 2.13 bits per heavy atom. The van der Waals surface area contributed by atoms with Crippen LogP contribution in [0.3, 0.4) is 0 Å². The maximum absolute atomic E-state index is 12.8. The summed E-state index contributed by atoms with van der Waals surface area (Å²) in [5, 5.41) is 2.90. The van der Waals surface area contributed by atoms with Crippen molar-refractivity contribution < 1.29 is 9.59 Å². The molecule has 0 saturated carbocycles. The van der Waals surface area contributed by atoms with E-state index in [-0.39, 0.29) is 24.3 Å². The molecular formula is C25H30N4O2. The number of carbonyl (C=O) groups excluding carboxylic acids is 2. The molecule has 1 aromatic heterocycles. The number of amides is 2. The molecule has 0 atom stereocenters. The number of anilines is 1. The molecule has 0 fully saturated rings. The van der Waals surface area contributed by atoms with Gasteiger partial charge in [0.1, 0.15) is 0 Å². The van der Waals surface area contributed by atoms with Crippen molar-refractivity contribution in [1.82, 2.24) is 14.5 Å². The second-order valence-electron chi connectivity index (χ2n) is 8.08. The Kier molecular flexibility index (Phi) is 6.90. The van der Waals surface area contributed by atoms with E-state index < -0.39 is 0 Å². The van der Waals surface area contributed by atoms with Crippen LogP contribution in [0.4, 0.5) is 5.95 Å². The van der Waals surface area contributed by atoms with Crippen molar-refractivity contribution in [3.8, 4) is 16.9 Å². The van der Waals surface area contributed by atoms with Crippen LogP contribution in [0.25, 0.3) is 16.9 Å². The average Bonchev–Trinajstić information content (AvgIpc) is 3.16. The number of hydrogen-bond acceptors (Lipinski definition) is 3. The first kappa shape index (κ1) is 22.3. The van der Waals surface area contributed by atoms with Gasteiger partial charge >= 0.3 is 0 Å². The molecular weight excluding hydrogens is 388 g/mol. The monoisotopic (exact) mass is 418 g/mol. The highest BCUT2D eigenvalue weighted by molar-refractivity contribution is 5.94. The molecule has 2 aromatic carbocycles. The highest BCUT2D eigenvalue weighted by Crippen LogP contribution is 2.25. The minimum absolute atomic E-state index is 0.00582. The van der Waals surface area contributed by atoms with Gasteiger partial charge in [0.05, 0.1) is 12.2 Å². The van der Waals surface area contributed by atoms with Gasteiger partial charge in [-0.1, -0.05) is 61.4 Å². The lowest BCUT2D eigenvalue weighted by molar-refractivity contribution is -0.137. The Bertz CT molecular complexity index is 1050. The largest absolute Gasteiger partial charge is 0.333 e. The molecule has 6 heteroatoms. The number of aromatic nitrogens is 2. The quantitative estimate of drug-likeness (QED) is 0.610. The summed E-state index contributed by atoms with van der Waals surface area (Å²) in [6.07, 6.45) is 1.92. The fourth-order valence-electron chi connectivity index (χ4n) is 3.28. The first-order chi connectivity index (χ1) is 14.8. The van der Waals surface area contributed by atoms with Gasteiger partial charge in [-0.15, -0.1) is 0 Å². The van der Waals surface area contributed by atoms with Gasteiger partial charge in [0.2, 0.25) is 17.8 Å². The van der Waals surface area contributed by atoms with E-state index in [1.165, 1.54) is 5.56 Å². The lowest BCUT2D eigenvalue weighted by Crippen LogP contribution is -2.40. The third-order valence-corrected chi connectivity index (χ3v) is 5.14. The van der Waals surface area contributed by atoms with Gasteiger partial charge < -0.3 is 4.90 Å². The summed E-state index contributed by atoms with van der Waals surface area (Å²) >= 11 is 0. The van der Waals surface area contributed by atoms with E-state index >= 15 is 0 Å². The van der Waals surface area contributed by atoms with Crippen molar-refractivity contribution in [1.29, 1.82) is 0 Å². The minimum Gasteiger partial charge on any atom is -0.333 e. The summed E-state index contributed by atoms with van der Waals surface area (Å²) < 4.78 is 1.87. The number of nitrogens with zero attached hydrogens (tertiary/aromatic N) is 3. The summed E-state index contributed by atoms with van der Waals surface area (Å²) in [6.45, 7) is 10.1. The fourth-order valence-corrected chi connectivity index (χ4v) is 3.28. The number of aryl methyl sites for hydroxylation is 2. The predicted octanol–water partition coefficient (Wildman–Crippen LogP) is 4.60. The third-order valence-electron chi connectivity index (χ3n) is 5.14. The molecule has 0 aliphatic carbocycles. The molecule has 162 valence electrons. The molecule has 6 nitrogen and oxygen atoms in total. The Morgan fingerprint density at radius 1 is 1.00 bits per heavy atom. The van der Waals surface area contributed by atoms with Crippen LogP contribution in [-0.4, -0.2) is 39.4 Å². The number of likely N-dealkylation sites (N-methyl/N-ethyl adjacent to an activating group) is 1. The topological polar surface area (TPSA) is 67.2 Å². The number of hydrogen-bond donors (Lipinski definition) is 1. The van der Waals surface area contributed by atoms with Crippen LogP contribution in [0.5, 0.6) is 0 Å². The number of imidazole rings is 1. The second-order valence-corrected chi connectivity index (χ2v) is 8.08. The molecule has 1 N–H and O–H groups in total. The SMILES string of the molecule is CCN(CC(=O)Nc1nc(-c2ccc(C)cc2)cn1-c1ccc(C)cc1)C(=O)C(C)C. The molecule has 0 spiro atoms. The summed E-state index contributed by atoms with van der Waals surface area (Å²) in [5.41, 5.74) is 4.96. The molecule has 31 heavy (non-hydrogen) atoms. The molecule has 3 aromatic rings. The highest BCUT2D eigenvalue weighted by atomic mass is 16.2. The average molecular weight is 419 g/mol. The van der Waals surface area contributed by atoms with Crippen molar-refractivity contribution >= 4 is 17.8 Å². The van der Waals surface area contributed by atoms with Crippen LogP contribution in [0.1, 0.15) is 31.9 Å². The number of benzene rings is 2. The molecule has 2 amide bonds. The van der Waals surface area contributed by atoms with Crippen LogP contribution in [0, 0.1) is 19.8 Å². The van der Waals surface area contributed by atoms with E-state index in [2.05, 4.69) is 10.3 Å². The van der Waals surface area contributed by atoms with Crippen molar-refractivity contribution in [2.45, 2.75) is 34.6 Å². The van der Waals surface area contributed by atoms with Crippen molar-refractivity contribution in [3.63, 3.8) is 0 Å². The Hall–Kier alpha value is -3.41. The summed E-state index contributed by atoms with van der Waals surface area (Å²) in [7, 11) is 0. The van der Waals surface area contributed by atoms with Crippen LogP contribution >= 0.6 is 0 Å². The van der Waals surface area contributed by atoms with E-state index in [4.69, 9.17) is 0 Å². The number of nitrogens with one attached hydrogen (secondary N) is 1. The van der Waals surface area contributed by atoms with Gasteiger partial charge in [-0.3, -0.25) is 19.5 Å². The van der Waals surface area contributed by atoms with Gasteiger partial charge in [-0.05, 0) is 32.9 Å². The van der Waals surface area contributed by atoms with Crippen LogP contribution < -0.4 is 5.32 Å². The van der Waals surface area contributed by atoms with E-state index in [9.17, 15) is 9.59 Å². The third kappa shape index (κ3) is 5.40. The molecule has 0 aliphatic heterocycles. The number of carbonyl (C=O) groups is 2. The van der Waals surface area contributed by atoms with Crippen molar-refractivity contribution in [2.75, 3.05) is 18.4 Å². The molecule has 0 bridgehead atoms. The van der Waals surface area contributed by atoms with Crippen molar-refractivity contribution in [2.24, 2.45) is 5.92 Å². The van der Waals surface area contributed by atoms with Crippen LogP contribution in [0.2, 0.25) is 0 Å². The normalized spacial score (nSPS) is 10.9. The highest BCUT2D eigenvalue weighted by Gasteiger charge is 2.20.